The lowest BCUT2D eigenvalue weighted by Gasteiger charge is -2.43. The minimum absolute atomic E-state index is 0.0891. The monoisotopic (exact) mass is 473 g/mol. The maximum absolute atomic E-state index is 13.6. The van der Waals surface area contributed by atoms with E-state index in [1.807, 2.05) is 35.2 Å². The standard InChI is InChI=1S/C24H26F3N5O2/c1-16-13-31(14-17(2)30(16)3)23(33)32(20-7-5-4-6-8-20)15-18-9-11-19(12-10-18)21-28-29-22(34-21)24(25,26)27/h4-12,16-17H,13-15H2,1-3H3/t16-,17+. The molecule has 10 heteroatoms. The van der Waals surface area contributed by atoms with Crippen molar-refractivity contribution in [2.45, 2.75) is 38.7 Å². The third kappa shape index (κ3) is 5.06. The molecule has 0 aliphatic carbocycles. The first-order valence-corrected chi connectivity index (χ1v) is 11.0. The number of rotatable bonds is 4. The SMILES string of the molecule is C[C@@H]1CN(C(=O)N(Cc2ccc(-c3nnc(C(F)(F)F)o3)cc2)c2ccccc2)C[C@H](C)N1C. The molecule has 1 aliphatic heterocycles. The van der Waals surface area contributed by atoms with Crippen LogP contribution in [-0.4, -0.2) is 58.2 Å². The van der Waals surface area contributed by atoms with Gasteiger partial charge in [-0.05, 0) is 50.7 Å². The fourth-order valence-electron chi connectivity index (χ4n) is 4.00. The number of halogens is 3. The number of hydrogen-bond acceptors (Lipinski definition) is 5. The molecule has 1 aromatic heterocycles. The molecule has 1 saturated heterocycles. The second-order valence-corrected chi connectivity index (χ2v) is 8.58. The molecule has 2 amide bonds. The molecule has 0 bridgehead atoms. The van der Waals surface area contributed by atoms with Crippen LogP contribution in [0.4, 0.5) is 23.7 Å². The van der Waals surface area contributed by atoms with E-state index in [2.05, 4.69) is 36.0 Å². The quantitative estimate of drug-likeness (QED) is 0.539. The summed E-state index contributed by atoms with van der Waals surface area (Å²) in [6.45, 7) is 5.75. The molecule has 0 spiro atoms. The Hall–Kier alpha value is -3.40. The predicted molar refractivity (Wildman–Crippen MR) is 121 cm³/mol. The van der Waals surface area contributed by atoms with Crippen molar-refractivity contribution in [2.75, 3.05) is 25.0 Å². The molecule has 1 aliphatic rings. The van der Waals surface area contributed by atoms with E-state index in [4.69, 9.17) is 4.42 Å². The highest BCUT2D eigenvalue weighted by Crippen LogP contribution is 2.30. The summed E-state index contributed by atoms with van der Waals surface area (Å²) in [7, 11) is 2.06. The Balaban J connectivity index is 1.55. The van der Waals surface area contributed by atoms with Gasteiger partial charge < -0.3 is 9.32 Å². The van der Waals surface area contributed by atoms with E-state index in [0.29, 0.717) is 25.2 Å². The highest BCUT2D eigenvalue weighted by Gasteiger charge is 2.38. The van der Waals surface area contributed by atoms with Crippen molar-refractivity contribution >= 4 is 11.7 Å². The van der Waals surface area contributed by atoms with Gasteiger partial charge in [-0.15, -0.1) is 10.2 Å². The minimum atomic E-state index is -4.69. The number of anilines is 1. The van der Waals surface area contributed by atoms with Gasteiger partial charge >= 0.3 is 18.1 Å². The van der Waals surface area contributed by atoms with Gasteiger partial charge in [0.25, 0.3) is 0 Å². The summed E-state index contributed by atoms with van der Waals surface area (Å²) < 4.78 is 43.0. The molecule has 3 aromatic rings. The molecule has 0 saturated carbocycles. The number of likely N-dealkylation sites (N-methyl/N-ethyl adjacent to an activating group) is 1. The average Bonchev–Trinajstić information content (AvgIpc) is 3.32. The Labute approximate surface area is 195 Å². The number of urea groups is 1. The summed E-state index contributed by atoms with van der Waals surface area (Å²) in [6.07, 6.45) is -4.69. The maximum Gasteiger partial charge on any atom is 0.470 e. The number of nitrogens with zero attached hydrogens (tertiary/aromatic N) is 5. The fraction of sp³-hybridized carbons (Fsp3) is 0.375. The van der Waals surface area contributed by atoms with Gasteiger partial charge in [0.1, 0.15) is 0 Å². The lowest BCUT2D eigenvalue weighted by Crippen LogP contribution is -2.58. The highest BCUT2D eigenvalue weighted by atomic mass is 19.4. The van der Waals surface area contributed by atoms with Crippen molar-refractivity contribution in [2.24, 2.45) is 0 Å². The van der Waals surface area contributed by atoms with Gasteiger partial charge in [-0.3, -0.25) is 9.80 Å². The van der Waals surface area contributed by atoms with Crippen molar-refractivity contribution in [1.29, 1.82) is 0 Å². The van der Waals surface area contributed by atoms with Crippen LogP contribution in [0.25, 0.3) is 11.5 Å². The summed E-state index contributed by atoms with van der Waals surface area (Å²) >= 11 is 0. The molecule has 2 aromatic carbocycles. The zero-order valence-corrected chi connectivity index (χ0v) is 19.2. The van der Waals surface area contributed by atoms with Crippen molar-refractivity contribution in [3.05, 3.63) is 66.1 Å². The molecule has 0 unspecified atom stereocenters. The van der Waals surface area contributed by atoms with E-state index in [9.17, 15) is 18.0 Å². The molecule has 34 heavy (non-hydrogen) atoms. The molecule has 7 nitrogen and oxygen atoms in total. The van der Waals surface area contributed by atoms with Crippen molar-refractivity contribution in [3.63, 3.8) is 0 Å². The van der Waals surface area contributed by atoms with Crippen LogP contribution in [0.2, 0.25) is 0 Å². The first-order chi connectivity index (χ1) is 16.1. The smallest absolute Gasteiger partial charge is 0.413 e. The number of aromatic nitrogens is 2. The number of benzene rings is 2. The van der Waals surface area contributed by atoms with Gasteiger partial charge in [0.15, 0.2) is 0 Å². The van der Waals surface area contributed by atoms with Gasteiger partial charge in [0.2, 0.25) is 5.89 Å². The highest BCUT2D eigenvalue weighted by molar-refractivity contribution is 5.92. The first-order valence-electron chi connectivity index (χ1n) is 11.0. The number of alkyl halides is 3. The Bertz CT molecular complexity index is 1110. The summed E-state index contributed by atoms with van der Waals surface area (Å²) in [6, 6.07) is 16.5. The van der Waals surface area contributed by atoms with E-state index in [1.54, 1.807) is 29.2 Å². The lowest BCUT2D eigenvalue weighted by atomic mass is 10.1. The van der Waals surface area contributed by atoms with E-state index in [1.165, 1.54) is 0 Å². The maximum atomic E-state index is 13.6. The summed E-state index contributed by atoms with van der Waals surface area (Å²) in [5.41, 5.74) is 1.94. The van der Waals surface area contributed by atoms with Crippen LogP contribution in [-0.2, 0) is 12.7 Å². The molecule has 2 atom stereocenters. The Morgan fingerprint density at radius 3 is 2.21 bits per heavy atom. The largest absolute Gasteiger partial charge is 0.470 e. The van der Waals surface area contributed by atoms with Crippen LogP contribution in [0.15, 0.2) is 59.0 Å². The second-order valence-electron chi connectivity index (χ2n) is 8.58. The third-order valence-electron chi connectivity index (χ3n) is 6.14. The van der Waals surface area contributed by atoms with Crippen LogP contribution in [0, 0.1) is 0 Å². The molecular formula is C24H26F3N5O2. The average molecular weight is 473 g/mol. The van der Waals surface area contributed by atoms with Gasteiger partial charge in [0, 0.05) is 36.4 Å². The summed E-state index contributed by atoms with van der Waals surface area (Å²) in [5.74, 6) is -1.60. The van der Waals surface area contributed by atoms with Crippen LogP contribution in [0.5, 0.6) is 0 Å². The van der Waals surface area contributed by atoms with E-state index >= 15 is 0 Å². The molecular weight excluding hydrogens is 447 g/mol. The van der Waals surface area contributed by atoms with E-state index in [0.717, 1.165) is 11.3 Å². The normalized spacial score (nSPS) is 19.3. The number of para-hydroxylation sites is 1. The van der Waals surface area contributed by atoms with Crippen LogP contribution in [0.3, 0.4) is 0 Å². The van der Waals surface area contributed by atoms with Gasteiger partial charge in [-0.1, -0.05) is 30.3 Å². The second kappa shape index (κ2) is 9.46. The Kier molecular flexibility index (Phi) is 6.60. The Morgan fingerprint density at radius 2 is 1.65 bits per heavy atom. The zero-order chi connectivity index (χ0) is 24.5. The van der Waals surface area contributed by atoms with Gasteiger partial charge in [-0.2, -0.15) is 13.2 Å². The first kappa shape index (κ1) is 23.7. The van der Waals surface area contributed by atoms with E-state index < -0.39 is 12.1 Å². The molecule has 1 fully saturated rings. The summed E-state index contributed by atoms with van der Waals surface area (Å²) in [5, 5.41) is 6.55. The summed E-state index contributed by atoms with van der Waals surface area (Å²) in [4.78, 5) is 19.4. The minimum Gasteiger partial charge on any atom is -0.413 e. The topological polar surface area (TPSA) is 65.7 Å². The third-order valence-corrected chi connectivity index (χ3v) is 6.14. The van der Waals surface area contributed by atoms with Crippen molar-refractivity contribution in [1.82, 2.24) is 20.0 Å². The number of amides is 2. The predicted octanol–water partition coefficient (Wildman–Crippen LogP) is 4.91. The molecule has 4 rings (SSSR count). The molecule has 180 valence electrons. The molecule has 0 N–H and O–H groups in total. The van der Waals surface area contributed by atoms with Crippen LogP contribution < -0.4 is 4.90 Å². The van der Waals surface area contributed by atoms with Crippen LogP contribution in [0.1, 0.15) is 25.3 Å². The number of hydrogen-bond donors (Lipinski definition) is 0. The number of carbonyl (C=O) groups excluding carboxylic acids is 1. The van der Waals surface area contributed by atoms with E-state index in [-0.39, 0.29) is 24.0 Å². The van der Waals surface area contributed by atoms with Crippen molar-refractivity contribution in [3.8, 4) is 11.5 Å². The fourth-order valence-corrected chi connectivity index (χ4v) is 4.00. The zero-order valence-electron chi connectivity index (χ0n) is 19.2. The number of carbonyl (C=O) groups is 1. The van der Waals surface area contributed by atoms with Gasteiger partial charge in [0.05, 0.1) is 6.54 Å². The van der Waals surface area contributed by atoms with Crippen LogP contribution >= 0.6 is 0 Å². The van der Waals surface area contributed by atoms with Gasteiger partial charge in [-0.25, -0.2) is 4.79 Å². The molecule has 2 heterocycles. The Morgan fingerprint density at radius 1 is 1.03 bits per heavy atom. The molecule has 0 radical (unpaired) electrons. The number of piperazine rings is 1. The lowest BCUT2D eigenvalue weighted by molar-refractivity contribution is -0.156. The van der Waals surface area contributed by atoms with Crippen molar-refractivity contribution < 1.29 is 22.4 Å².